The van der Waals surface area contributed by atoms with Crippen molar-refractivity contribution >= 4 is 5.91 Å². The summed E-state index contributed by atoms with van der Waals surface area (Å²) in [4.78, 5) is 16.0. The van der Waals surface area contributed by atoms with Gasteiger partial charge in [0.05, 0.1) is 38.4 Å². The Labute approximate surface area is 226 Å². The molecule has 3 heterocycles. The average Bonchev–Trinajstić information content (AvgIpc) is 3.62. The number of nitrogens with zero attached hydrogens (tertiary/aromatic N) is 1. The van der Waals surface area contributed by atoms with Crippen LogP contribution in [0.25, 0.3) is 0 Å². The number of methoxy groups -OCH3 is 3. The number of benzene rings is 3. The Kier molecular flexibility index (Phi) is 5.16. The Morgan fingerprint density at radius 3 is 2.38 bits per heavy atom. The summed E-state index contributed by atoms with van der Waals surface area (Å²) in [5, 5.41) is 13.2. The van der Waals surface area contributed by atoms with Gasteiger partial charge in [0.1, 0.15) is 28.8 Å². The minimum Gasteiger partial charge on any atom is -0.497 e. The highest BCUT2D eigenvalue weighted by molar-refractivity contribution is 5.99. The molecule has 8 nitrogen and oxygen atoms in total. The lowest BCUT2D eigenvalue weighted by molar-refractivity contribution is -0.148. The van der Waals surface area contributed by atoms with Gasteiger partial charge in [-0.1, -0.05) is 42.5 Å². The third-order valence-corrected chi connectivity index (χ3v) is 8.53. The molecule has 0 aromatic heterocycles. The summed E-state index contributed by atoms with van der Waals surface area (Å²) in [5.74, 6) is 1.36. The number of rotatable bonds is 5. The van der Waals surface area contributed by atoms with Crippen LogP contribution in [0.4, 0.5) is 0 Å². The van der Waals surface area contributed by atoms with Crippen molar-refractivity contribution in [3.8, 4) is 23.0 Å². The molecule has 0 radical (unpaired) electrons. The van der Waals surface area contributed by atoms with E-state index in [-0.39, 0.29) is 11.7 Å². The number of amides is 1. The minimum atomic E-state index is -1.88. The number of carbonyl (C=O) groups is 1. The molecule has 3 aromatic carbocycles. The van der Waals surface area contributed by atoms with Crippen LogP contribution in [0.1, 0.15) is 35.4 Å². The Morgan fingerprint density at radius 1 is 0.949 bits per heavy atom. The van der Waals surface area contributed by atoms with Crippen molar-refractivity contribution in [2.24, 2.45) is 0 Å². The molecule has 4 atom stereocenters. The van der Waals surface area contributed by atoms with Crippen molar-refractivity contribution in [1.29, 1.82) is 0 Å². The van der Waals surface area contributed by atoms with Crippen molar-refractivity contribution in [1.82, 2.24) is 4.90 Å². The van der Waals surface area contributed by atoms with E-state index in [2.05, 4.69) is 0 Å². The van der Waals surface area contributed by atoms with Crippen LogP contribution in [-0.2, 0) is 20.7 Å². The Morgan fingerprint density at radius 2 is 1.69 bits per heavy atom. The quantitative estimate of drug-likeness (QED) is 0.532. The molecule has 4 aliphatic rings. The van der Waals surface area contributed by atoms with Crippen LogP contribution < -0.4 is 18.9 Å². The second-order valence-electron chi connectivity index (χ2n) is 10.3. The summed E-state index contributed by atoms with van der Waals surface area (Å²) in [5.41, 5.74) is -1.06. The number of aliphatic hydroxyl groups is 1. The number of hydrogen-bond donors (Lipinski definition) is 1. The van der Waals surface area contributed by atoms with Crippen LogP contribution in [0, 0.1) is 0 Å². The summed E-state index contributed by atoms with van der Waals surface area (Å²) < 4.78 is 30.4. The third-order valence-electron chi connectivity index (χ3n) is 8.53. The lowest BCUT2D eigenvalue weighted by Crippen LogP contribution is -2.50. The number of hydrogen-bond acceptors (Lipinski definition) is 7. The smallest absolute Gasteiger partial charge is 0.256 e. The summed E-state index contributed by atoms with van der Waals surface area (Å²) in [6.07, 6.45) is 1.08. The SMILES string of the molecule is COc1ccc([C@]23Oc4cc(OC)cc(OC)c4[C@@]2(O)C2=C(C(=O)N4CCC[C@@H]4O2)[C@@H]3c2ccccc2)cc1. The molecule has 7 rings (SSSR count). The standard InChI is InChI=1S/C31H29NO7/c1-35-20-13-11-19(12-14-20)31-26(18-8-5-4-6-9-18)25-28(38-24-10-7-15-32(24)29(25)33)30(31,34)27-22(37-3)16-21(36-2)17-23(27)39-31/h4-6,8-9,11-14,16-17,24,26,34H,7,10,15H2,1-3H3/t24-,26-,30+,31+/m0/s1. The van der Waals surface area contributed by atoms with E-state index in [1.165, 1.54) is 7.11 Å². The van der Waals surface area contributed by atoms with Crippen LogP contribution in [0.3, 0.4) is 0 Å². The van der Waals surface area contributed by atoms with Gasteiger partial charge in [-0.3, -0.25) is 4.79 Å². The summed E-state index contributed by atoms with van der Waals surface area (Å²) in [6, 6.07) is 20.6. The van der Waals surface area contributed by atoms with Crippen molar-refractivity contribution in [3.05, 3.63) is 94.8 Å². The zero-order chi connectivity index (χ0) is 26.9. The molecule has 0 bridgehead atoms. The largest absolute Gasteiger partial charge is 0.497 e. The van der Waals surface area contributed by atoms with Crippen molar-refractivity contribution in [2.75, 3.05) is 27.9 Å². The van der Waals surface area contributed by atoms with Gasteiger partial charge in [0, 0.05) is 30.7 Å². The maximum atomic E-state index is 14.2. The van der Waals surface area contributed by atoms with E-state index in [0.717, 1.165) is 12.0 Å². The summed E-state index contributed by atoms with van der Waals surface area (Å²) in [6.45, 7) is 0.605. The number of fused-ring (bicyclic) bond motifs is 5. The van der Waals surface area contributed by atoms with Crippen molar-refractivity contribution in [2.45, 2.75) is 36.2 Å². The molecule has 1 fully saturated rings. The van der Waals surface area contributed by atoms with Gasteiger partial charge >= 0.3 is 0 Å². The molecule has 39 heavy (non-hydrogen) atoms. The lowest BCUT2D eigenvalue weighted by atomic mass is 9.69. The third kappa shape index (κ3) is 2.95. The Hall–Kier alpha value is -4.17. The second-order valence-corrected chi connectivity index (χ2v) is 10.3. The number of carbonyl (C=O) groups excluding carboxylic acids is 1. The topological polar surface area (TPSA) is 86.7 Å². The fraction of sp³-hybridized carbons (Fsp3) is 0.323. The van der Waals surface area contributed by atoms with Gasteiger partial charge in [0.15, 0.2) is 17.4 Å². The van der Waals surface area contributed by atoms with Gasteiger partial charge in [-0.2, -0.15) is 0 Å². The lowest BCUT2D eigenvalue weighted by Gasteiger charge is -2.41. The molecule has 1 saturated heterocycles. The van der Waals surface area contributed by atoms with E-state index in [9.17, 15) is 9.90 Å². The van der Waals surface area contributed by atoms with Crippen LogP contribution >= 0.6 is 0 Å². The monoisotopic (exact) mass is 527 g/mol. The van der Waals surface area contributed by atoms with E-state index >= 15 is 0 Å². The van der Waals surface area contributed by atoms with Gasteiger partial charge in [-0.15, -0.1) is 0 Å². The molecule has 0 saturated carbocycles. The van der Waals surface area contributed by atoms with Gasteiger partial charge in [0.2, 0.25) is 0 Å². The van der Waals surface area contributed by atoms with Crippen LogP contribution in [-0.4, -0.2) is 50.0 Å². The molecule has 8 heteroatoms. The molecule has 0 unspecified atom stereocenters. The van der Waals surface area contributed by atoms with E-state index in [1.54, 1.807) is 31.3 Å². The van der Waals surface area contributed by atoms with E-state index in [4.69, 9.17) is 23.7 Å². The first kappa shape index (κ1) is 23.9. The zero-order valence-electron chi connectivity index (χ0n) is 22.0. The first-order chi connectivity index (χ1) is 19.0. The highest BCUT2D eigenvalue weighted by Gasteiger charge is 2.76. The van der Waals surface area contributed by atoms with Gasteiger partial charge in [-0.05, 0) is 24.1 Å². The molecule has 0 spiro atoms. The molecule has 3 aliphatic heterocycles. The number of ether oxygens (including phenoxy) is 5. The summed E-state index contributed by atoms with van der Waals surface area (Å²) >= 11 is 0. The van der Waals surface area contributed by atoms with Crippen LogP contribution in [0.5, 0.6) is 23.0 Å². The minimum absolute atomic E-state index is 0.138. The molecular weight excluding hydrogens is 498 g/mol. The fourth-order valence-corrected chi connectivity index (χ4v) is 6.87. The van der Waals surface area contributed by atoms with E-state index < -0.39 is 23.3 Å². The zero-order valence-corrected chi connectivity index (χ0v) is 22.0. The van der Waals surface area contributed by atoms with Crippen molar-refractivity contribution in [3.63, 3.8) is 0 Å². The predicted molar refractivity (Wildman–Crippen MR) is 141 cm³/mol. The molecule has 3 aromatic rings. The van der Waals surface area contributed by atoms with Gasteiger partial charge < -0.3 is 33.7 Å². The Balaban J connectivity index is 1.59. The molecule has 1 N–H and O–H groups in total. The highest BCUT2D eigenvalue weighted by Crippen LogP contribution is 2.71. The maximum Gasteiger partial charge on any atom is 0.256 e. The second kappa shape index (κ2) is 8.41. The first-order valence-electron chi connectivity index (χ1n) is 13.1. The fourth-order valence-electron chi connectivity index (χ4n) is 6.87. The molecule has 200 valence electrons. The van der Waals surface area contributed by atoms with Crippen LogP contribution in [0.15, 0.2) is 78.1 Å². The van der Waals surface area contributed by atoms with Gasteiger partial charge in [-0.25, -0.2) is 0 Å². The van der Waals surface area contributed by atoms with E-state index in [1.807, 2.05) is 54.6 Å². The van der Waals surface area contributed by atoms with Crippen molar-refractivity contribution < 1.29 is 33.6 Å². The normalized spacial score (nSPS) is 28.2. The first-order valence-corrected chi connectivity index (χ1v) is 13.1. The average molecular weight is 528 g/mol. The highest BCUT2D eigenvalue weighted by atomic mass is 16.6. The molecular formula is C31H29NO7. The summed E-state index contributed by atoms with van der Waals surface area (Å²) in [7, 11) is 4.71. The molecule has 1 amide bonds. The predicted octanol–water partition coefficient (Wildman–Crippen LogP) is 4.22. The molecule has 1 aliphatic carbocycles. The maximum absolute atomic E-state index is 14.2. The van der Waals surface area contributed by atoms with Crippen LogP contribution in [0.2, 0.25) is 0 Å². The Bertz CT molecular complexity index is 1500. The van der Waals surface area contributed by atoms with Gasteiger partial charge in [0.25, 0.3) is 5.91 Å². The van der Waals surface area contributed by atoms with E-state index in [0.29, 0.717) is 52.7 Å².